The fraction of sp³-hybridized carbons (Fsp3) is 0.462. The molecule has 18 heavy (non-hydrogen) atoms. The summed E-state index contributed by atoms with van der Waals surface area (Å²) in [7, 11) is 0. The Balaban J connectivity index is 2.18. The van der Waals surface area contributed by atoms with Crippen molar-refractivity contribution in [3.05, 3.63) is 28.2 Å². The number of aliphatic hydroxyl groups excluding tert-OH is 1. The molecule has 0 spiro atoms. The number of piperidine rings is 1. The normalized spacial score (nSPS) is 19.9. The van der Waals surface area contributed by atoms with Crippen LogP contribution in [-0.4, -0.2) is 35.6 Å². The minimum atomic E-state index is -0.0210. The van der Waals surface area contributed by atoms with Crippen LogP contribution in [0.2, 0.25) is 0 Å². The third-order valence-electron chi connectivity index (χ3n) is 3.32. The van der Waals surface area contributed by atoms with Crippen molar-refractivity contribution in [2.45, 2.75) is 12.8 Å². The second-order valence-electron chi connectivity index (χ2n) is 4.65. The maximum absolute atomic E-state index is 12.4. The lowest BCUT2D eigenvalue weighted by molar-refractivity contribution is 0.0620. The maximum Gasteiger partial charge on any atom is 0.255 e. The molecular formula is C13H17BrN2O2. The molecule has 0 aromatic heterocycles. The lowest BCUT2D eigenvalue weighted by Crippen LogP contribution is -2.41. The first-order valence-electron chi connectivity index (χ1n) is 6.07. The first kappa shape index (κ1) is 13.4. The van der Waals surface area contributed by atoms with Crippen molar-refractivity contribution in [1.29, 1.82) is 0 Å². The van der Waals surface area contributed by atoms with Gasteiger partial charge in [0, 0.05) is 25.4 Å². The summed E-state index contributed by atoms with van der Waals surface area (Å²) in [6.07, 6.45) is 1.93. The molecule has 1 aliphatic rings. The van der Waals surface area contributed by atoms with Gasteiger partial charge in [0.1, 0.15) is 0 Å². The summed E-state index contributed by atoms with van der Waals surface area (Å²) in [5.41, 5.74) is 6.94. The number of hydrogen-bond acceptors (Lipinski definition) is 3. The van der Waals surface area contributed by atoms with Gasteiger partial charge in [0.15, 0.2) is 0 Å². The molecule has 0 radical (unpaired) electrons. The molecule has 0 aliphatic carbocycles. The van der Waals surface area contributed by atoms with Crippen molar-refractivity contribution in [1.82, 2.24) is 4.90 Å². The number of amides is 1. The summed E-state index contributed by atoms with van der Waals surface area (Å²) in [6, 6.07) is 5.31. The Hall–Kier alpha value is -1.07. The van der Waals surface area contributed by atoms with Crippen molar-refractivity contribution < 1.29 is 9.90 Å². The number of rotatable bonds is 2. The number of nitrogen functional groups attached to an aromatic ring is 1. The summed E-state index contributed by atoms with van der Waals surface area (Å²) in [5, 5.41) is 9.19. The lowest BCUT2D eigenvalue weighted by atomic mass is 9.98. The molecular weight excluding hydrogens is 296 g/mol. The highest BCUT2D eigenvalue weighted by molar-refractivity contribution is 9.10. The van der Waals surface area contributed by atoms with Crippen molar-refractivity contribution in [3.8, 4) is 0 Å². The molecule has 4 nitrogen and oxygen atoms in total. The zero-order valence-electron chi connectivity index (χ0n) is 10.1. The molecule has 1 aliphatic heterocycles. The average molecular weight is 313 g/mol. The molecule has 1 saturated heterocycles. The van der Waals surface area contributed by atoms with Gasteiger partial charge in [-0.15, -0.1) is 0 Å². The largest absolute Gasteiger partial charge is 0.398 e. The summed E-state index contributed by atoms with van der Waals surface area (Å²) >= 11 is 3.36. The van der Waals surface area contributed by atoms with Crippen LogP contribution in [-0.2, 0) is 0 Å². The fourth-order valence-electron chi connectivity index (χ4n) is 2.28. The number of carbonyl (C=O) groups is 1. The van der Waals surface area contributed by atoms with E-state index in [-0.39, 0.29) is 18.4 Å². The molecule has 1 aromatic rings. The number of carbonyl (C=O) groups excluding carboxylic acids is 1. The minimum Gasteiger partial charge on any atom is -0.398 e. The lowest BCUT2D eigenvalue weighted by Gasteiger charge is -2.32. The second kappa shape index (κ2) is 5.71. The third-order valence-corrected chi connectivity index (χ3v) is 4.21. The average Bonchev–Trinajstić information content (AvgIpc) is 2.41. The van der Waals surface area contributed by atoms with E-state index < -0.39 is 0 Å². The third kappa shape index (κ3) is 2.67. The molecule has 1 fully saturated rings. The molecule has 2 rings (SSSR count). The molecule has 98 valence electrons. The van der Waals surface area contributed by atoms with E-state index >= 15 is 0 Å². The van der Waals surface area contributed by atoms with Gasteiger partial charge in [0.25, 0.3) is 5.91 Å². The minimum absolute atomic E-state index is 0.0210. The SMILES string of the molecule is Nc1cccc(C(=O)N2CCCC(CO)C2)c1Br. The van der Waals surface area contributed by atoms with Crippen LogP contribution < -0.4 is 5.73 Å². The van der Waals surface area contributed by atoms with Crippen LogP contribution in [0.3, 0.4) is 0 Å². The highest BCUT2D eigenvalue weighted by atomic mass is 79.9. The predicted molar refractivity (Wildman–Crippen MR) is 74.3 cm³/mol. The van der Waals surface area contributed by atoms with Gasteiger partial charge >= 0.3 is 0 Å². The number of aliphatic hydroxyl groups is 1. The Labute approximate surface area is 115 Å². The Kier molecular flexibility index (Phi) is 4.24. The van der Waals surface area contributed by atoms with Gasteiger partial charge in [-0.3, -0.25) is 4.79 Å². The Bertz CT molecular complexity index is 451. The van der Waals surface area contributed by atoms with Crippen LogP contribution in [0.4, 0.5) is 5.69 Å². The van der Waals surface area contributed by atoms with Gasteiger partial charge in [-0.05, 0) is 46.8 Å². The highest BCUT2D eigenvalue weighted by Gasteiger charge is 2.25. The molecule has 5 heteroatoms. The Morgan fingerprint density at radius 2 is 2.33 bits per heavy atom. The zero-order chi connectivity index (χ0) is 13.1. The number of hydrogen-bond donors (Lipinski definition) is 2. The molecule has 1 heterocycles. The Morgan fingerprint density at radius 3 is 3.06 bits per heavy atom. The number of nitrogens with two attached hydrogens (primary N) is 1. The van der Waals surface area contributed by atoms with E-state index in [2.05, 4.69) is 15.9 Å². The van der Waals surface area contributed by atoms with Crippen LogP contribution in [0, 0.1) is 5.92 Å². The van der Waals surface area contributed by atoms with Gasteiger partial charge in [-0.25, -0.2) is 0 Å². The van der Waals surface area contributed by atoms with Gasteiger partial charge in [-0.2, -0.15) is 0 Å². The molecule has 0 saturated carbocycles. The van der Waals surface area contributed by atoms with Gasteiger partial charge in [-0.1, -0.05) is 6.07 Å². The number of nitrogens with zero attached hydrogens (tertiary/aromatic N) is 1. The van der Waals surface area contributed by atoms with Gasteiger partial charge in [0.2, 0.25) is 0 Å². The summed E-state index contributed by atoms with van der Waals surface area (Å²) in [6.45, 7) is 1.51. The quantitative estimate of drug-likeness (QED) is 0.819. The fourth-order valence-corrected chi connectivity index (χ4v) is 2.72. The van der Waals surface area contributed by atoms with Crippen LogP contribution in [0.25, 0.3) is 0 Å². The molecule has 1 atom stereocenters. The highest BCUT2D eigenvalue weighted by Crippen LogP contribution is 2.26. The van der Waals surface area contributed by atoms with E-state index in [4.69, 9.17) is 5.73 Å². The number of halogens is 1. The topological polar surface area (TPSA) is 66.6 Å². The van der Waals surface area contributed by atoms with E-state index in [1.54, 1.807) is 23.1 Å². The first-order valence-corrected chi connectivity index (χ1v) is 6.87. The number of anilines is 1. The molecule has 3 N–H and O–H groups in total. The molecule has 1 unspecified atom stereocenters. The summed E-state index contributed by atoms with van der Waals surface area (Å²) in [4.78, 5) is 14.2. The Morgan fingerprint density at radius 1 is 1.56 bits per heavy atom. The van der Waals surface area contributed by atoms with Crippen LogP contribution in [0.15, 0.2) is 22.7 Å². The van der Waals surface area contributed by atoms with Crippen molar-refractivity contribution >= 4 is 27.5 Å². The van der Waals surface area contributed by atoms with Gasteiger partial charge < -0.3 is 15.7 Å². The van der Waals surface area contributed by atoms with Crippen molar-refractivity contribution in [3.63, 3.8) is 0 Å². The standard InChI is InChI=1S/C13H17BrN2O2/c14-12-10(4-1-5-11(12)15)13(18)16-6-2-3-9(7-16)8-17/h1,4-5,9,17H,2-3,6-8,15H2. The van der Waals surface area contributed by atoms with E-state index in [1.807, 2.05) is 0 Å². The van der Waals surface area contributed by atoms with E-state index in [0.29, 0.717) is 22.3 Å². The van der Waals surface area contributed by atoms with Gasteiger partial charge in [0.05, 0.1) is 10.0 Å². The van der Waals surface area contributed by atoms with E-state index in [1.165, 1.54) is 0 Å². The van der Waals surface area contributed by atoms with Crippen molar-refractivity contribution in [2.75, 3.05) is 25.4 Å². The zero-order valence-corrected chi connectivity index (χ0v) is 11.7. The van der Waals surface area contributed by atoms with Crippen LogP contribution >= 0.6 is 15.9 Å². The van der Waals surface area contributed by atoms with E-state index in [0.717, 1.165) is 19.4 Å². The summed E-state index contributed by atoms with van der Waals surface area (Å²) in [5.74, 6) is 0.176. The maximum atomic E-state index is 12.4. The molecule has 1 amide bonds. The molecule has 1 aromatic carbocycles. The predicted octanol–water partition coefficient (Wildman–Crippen LogP) is 1.88. The summed E-state index contributed by atoms with van der Waals surface area (Å²) < 4.78 is 0.654. The van der Waals surface area contributed by atoms with Crippen LogP contribution in [0.1, 0.15) is 23.2 Å². The smallest absolute Gasteiger partial charge is 0.255 e. The molecule has 0 bridgehead atoms. The first-order chi connectivity index (χ1) is 8.63. The number of benzene rings is 1. The van der Waals surface area contributed by atoms with Crippen molar-refractivity contribution in [2.24, 2.45) is 5.92 Å². The van der Waals surface area contributed by atoms with E-state index in [9.17, 15) is 9.90 Å². The second-order valence-corrected chi connectivity index (χ2v) is 5.44. The number of likely N-dealkylation sites (tertiary alicyclic amines) is 1. The monoisotopic (exact) mass is 312 g/mol. The van der Waals surface area contributed by atoms with Crippen LogP contribution in [0.5, 0.6) is 0 Å².